The number of ether oxygens (including phenoxy) is 3. The second kappa shape index (κ2) is 9.40. The van der Waals surface area contributed by atoms with E-state index in [4.69, 9.17) is 25.8 Å². The number of aryl methyl sites for hydroxylation is 1. The Bertz CT molecular complexity index is 1170. The van der Waals surface area contributed by atoms with Gasteiger partial charge in [0.05, 0.1) is 41.5 Å². The Balaban J connectivity index is 1.94. The summed E-state index contributed by atoms with van der Waals surface area (Å²) < 4.78 is 45.1. The average molecular weight is 497 g/mol. The normalized spacial score (nSPS) is 18.0. The smallest absolute Gasteiger partial charge is 0.262 e. The zero-order chi connectivity index (χ0) is 24.6. The van der Waals surface area contributed by atoms with E-state index in [0.29, 0.717) is 30.0 Å². The molecule has 0 aliphatic carbocycles. The zero-order valence-corrected chi connectivity index (χ0v) is 21.1. The predicted molar refractivity (Wildman–Crippen MR) is 127 cm³/mol. The highest BCUT2D eigenvalue weighted by Crippen LogP contribution is 2.37. The number of hydrogen-bond donors (Lipinski definition) is 1. The number of halogens is 1. The third-order valence-electron chi connectivity index (χ3n) is 5.32. The Morgan fingerprint density at radius 1 is 1.18 bits per heavy atom. The van der Waals surface area contributed by atoms with Crippen molar-refractivity contribution < 1.29 is 27.4 Å². The van der Waals surface area contributed by atoms with Crippen molar-refractivity contribution in [1.82, 2.24) is 4.90 Å². The van der Waals surface area contributed by atoms with Crippen molar-refractivity contribution in [3.05, 3.63) is 46.5 Å². The first-order valence-electron chi connectivity index (χ1n) is 10.4. The molecule has 1 saturated heterocycles. The Morgan fingerprint density at radius 2 is 1.85 bits per heavy atom. The lowest BCUT2D eigenvalue weighted by Crippen LogP contribution is -2.53. The van der Waals surface area contributed by atoms with Crippen LogP contribution in [0.3, 0.4) is 0 Å². The first kappa shape index (κ1) is 25.1. The molecule has 3 rings (SSSR count). The monoisotopic (exact) mass is 496 g/mol. The molecule has 0 bridgehead atoms. The Labute approximate surface area is 199 Å². The molecule has 0 radical (unpaired) electrons. The van der Waals surface area contributed by atoms with Crippen LogP contribution in [0.5, 0.6) is 11.5 Å². The van der Waals surface area contributed by atoms with E-state index in [2.05, 4.69) is 4.72 Å². The molecule has 1 fully saturated rings. The average Bonchev–Trinajstić information content (AvgIpc) is 2.72. The number of anilines is 1. The molecule has 1 heterocycles. The first-order valence-corrected chi connectivity index (χ1v) is 12.2. The summed E-state index contributed by atoms with van der Waals surface area (Å²) in [7, 11) is -1.18. The van der Waals surface area contributed by atoms with Gasteiger partial charge < -0.3 is 19.1 Å². The summed E-state index contributed by atoms with van der Waals surface area (Å²) in [4.78, 5) is 15.0. The van der Waals surface area contributed by atoms with Crippen LogP contribution in [0, 0.1) is 6.92 Å². The molecule has 33 heavy (non-hydrogen) atoms. The molecule has 8 nitrogen and oxygen atoms in total. The molecule has 2 aromatic carbocycles. The van der Waals surface area contributed by atoms with Gasteiger partial charge in [0.25, 0.3) is 15.9 Å². The highest BCUT2D eigenvalue weighted by atomic mass is 35.5. The fraction of sp³-hybridized carbons (Fsp3) is 0.435. The number of rotatable bonds is 6. The van der Waals surface area contributed by atoms with Crippen LogP contribution in [-0.4, -0.2) is 58.2 Å². The van der Waals surface area contributed by atoms with Crippen molar-refractivity contribution in [2.45, 2.75) is 44.3 Å². The number of nitrogens with zero attached hydrogens (tertiary/aromatic N) is 1. The van der Waals surface area contributed by atoms with Crippen LogP contribution >= 0.6 is 11.6 Å². The van der Waals surface area contributed by atoms with Gasteiger partial charge in [-0.3, -0.25) is 9.52 Å². The minimum Gasteiger partial charge on any atom is -0.495 e. The number of carbonyl (C=O) groups is 1. The van der Waals surface area contributed by atoms with Gasteiger partial charge in [-0.1, -0.05) is 17.7 Å². The summed E-state index contributed by atoms with van der Waals surface area (Å²) >= 11 is 6.17. The summed E-state index contributed by atoms with van der Waals surface area (Å²) in [6.45, 7) is 8.37. The molecule has 1 atom stereocenters. The van der Waals surface area contributed by atoms with Crippen LogP contribution in [0.25, 0.3) is 0 Å². The van der Waals surface area contributed by atoms with Crippen molar-refractivity contribution in [1.29, 1.82) is 0 Å². The molecule has 0 saturated carbocycles. The summed E-state index contributed by atoms with van der Waals surface area (Å²) in [5.41, 5.74) is 0.667. The van der Waals surface area contributed by atoms with Gasteiger partial charge in [-0.15, -0.1) is 0 Å². The molecule has 0 spiro atoms. The van der Waals surface area contributed by atoms with E-state index in [1.807, 2.05) is 20.8 Å². The number of methoxy groups -OCH3 is 2. The zero-order valence-electron chi connectivity index (χ0n) is 19.6. The van der Waals surface area contributed by atoms with Crippen LogP contribution in [0.4, 0.5) is 5.69 Å². The first-order chi connectivity index (χ1) is 15.4. The molecule has 1 aliphatic rings. The standard InChI is InChI=1S/C23H29ClN2O6S/c1-14-7-8-16(9-17(14)22(27)26-12-15(2)32-23(3,4)13-26)33(28,29)25-19-10-18(24)20(30-5)11-21(19)31-6/h7-11,15,25H,12-13H2,1-6H3. The van der Waals surface area contributed by atoms with E-state index in [0.717, 1.165) is 0 Å². The summed E-state index contributed by atoms with van der Waals surface area (Å²) in [6, 6.07) is 7.37. The lowest BCUT2D eigenvalue weighted by atomic mass is 10.0. The molecule has 180 valence electrons. The Morgan fingerprint density at radius 3 is 2.45 bits per heavy atom. The Kier molecular flexibility index (Phi) is 7.16. The van der Waals surface area contributed by atoms with Gasteiger partial charge in [-0.2, -0.15) is 0 Å². The van der Waals surface area contributed by atoms with E-state index in [1.165, 1.54) is 38.5 Å². The number of amides is 1. The van der Waals surface area contributed by atoms with E-state index in [9.17, 15) is 13.2 Å². The fourth-order valence-corrected chi connectivity index (χ4v) is 5.25. The van der Waals surface area contributed by atoms with E-state index < -0.39 is 15.6 Å². The van der Waals surface area contributed by atoms with Gasteiger partial charge in [0.1, 0.15) is 11.5 Å². The van der Waals surface area contributed by atoms with Crippen LogP contribution in [0.2, 0.25) is 5.02 Å². The maximum absolute atomic E-state index is 13.3. The highest BCUT2D eigenvalue weighted by molar-refractivity contribution is 7.92. The van der Waals surface area contributed by atoms with Crippen LogP contribution < -0.4 is 14.2 Å². The second-order valence-electron chi connectivity index (χ2n) is 8.64. The highest BCUT2D eigenvalue weighted by Gasteiger charge is 2.34. The minimum atomic E-state index is -4.04. The molecular formula is C23H29ClN2O6S. The van der Waals surface area contributed by atoms with Gasteiger partial charge in [-0.05, 0) is 51.5 Å². The number of nitrogens with one attached hydrogen (secondary N) is 1. The van der Waals surface area contributed by atoms with Crippen LogP contribution in [0.15, 0.2) is 35.2 Å². The minimum absolute atomic E-state index is 0.0500. The third-order valence-corrected chi connectivity index (χ3v) is 6.98. The molecule has 1 amide bonds. The topological polar surface area (TPSA) is 94.2 Å². The van der Waals surface area contributed by atoms with E-state index >= 15 is 0 Å². The summed E-state index contributed by atoms with van der Waals surface area (Å²) in [5, 5.41) is 0.222. The van der Waals surface area contributed by atoms with Crippen molar-refractivity contribution >= 4 is 33.2 Å². The molecule has 1 unspecified atom stereocenters. The van der Waals surface area contributed by atoms with Gasteiger partial charge in [0.15, 0.2) is 0 Å². The second-order valence-corrected chi connectivity index (χ2v) is 10.7. The number of carbonyl (C=O) groups excluding carboxylic acids is 1. The molecule has 2 aromatic rings. The largest absolute Gasteiger partial charge is 0.495 e. The molecule has 1 aliphatic heterocycles. The van der Waals surface area contributed by atoms with Gasteiger partial charge >= 0.3 is 0 Å². The quantitative estimate of drug-likeness (QED) is 0.647. The summed E-state index contributed by atoms with van der Waals surface area (Å²) in [5.74, 6) is 0.355. The van der Waals surface area contributed by atoms with Gasteiger partial charge in [0.2, 0.25) is 0 Å². The van der Waals surface area contributed by atoms with Crippen molar-refractivity contribution in [2.75, 3.05) is 32.0 Å². The Hall–Kier alpha value is -2.49. The summed E-state index contributed by atoms with van der Waals surface area (Å²) in [6.07, 6.45) is -0.126. The van der Waals surface area contributed by atoms with Gasteiger partial charge in [-0.25, -0.2) is 8.42 Å². The van der Waals surface area contributed by atoms with Crippen LogP contribution in [0.1, 0.15) is 36.7 Å². The maximum Gasteiger partial charge on any atom is 0.262 e. The number of sulfonamides is 1. The van der Waals surface area contributed by atoms with E-state index in [-0.39, 0.29) is 33.4 Å². The molecule has 10 heteroatoms. The lowest BCUT2D eigenvalue weighted by Gasteiger charge is -2.41. The fourth-order valence-electron chi connectivity index (χ4n) is 3.92. The maximum atomic E-state index is 13.3. The lowest BCUT2D eigenvalue weighted by molar-refractivity contribution is -0.118. The molecular weight excluding hydrogens is 468 g/mol. The number of morpholine rings is 1. The predicted octanol–water partition coefficient (Wildman–Crippen LogP) is 4.11. The molecule has 1 N–H and O–H groups in total. The third kappa shape index (κ3) is 5.54. The van der Waals surface area contributed by atoms with Crippen molar-refractivity contribution in [3.8, 4) is 11.5 Å². The van der Waals surface area contributed by atoms with Crippen molar-refractivity contribution in [2.24, 2.45) is 0 Å². The number of benzene rings is 2. The van der Waals surface area contributed by atoms with Crippen LogP contribution in [-0.2, 0) is 14.8 Å². The molecule has 0 aromatic heterocycles. The van der Waals surface area contributed by atoms with Gasteiger partial charge in [0, 0.05) is 24.7 Å². The van der Waals surface area contributed by atoms with Crippen molar-refractivity contribution in [3.63, 3.8) is 0 Å². The number of hydrogen-bond acceptors (Lipinski definition) is 6. The van der Waals surface area contributed by atoms with E-state index in [1.54, 1.807) is 17.9 Å². The SMILES string of the molecule is COc1cc(OC)c(NS(=O)(=O)c2ccc(C)c(C(=O)N3CC(C)OC(C)(C)C3)c2)cc1Cl.